The molecular weight excluding hydrogens is 732 g/mol. The summed E-state index contributed by atoms with van der Waals surface area (Å²) in [6.45, 7) is 6.40. The zero-order chi connectivity index (χ0) is 38.8. The van der Waals surface area contributed by atoms with E-state index < -0.39 is 12.8 Å². The molecule has 1 saturated carbocycles. The molecule has 6 aromatic rings. The Morgan fingerprint density at radius 2 is 1.70 bits per heavy atom. The monoisotopic (exact) mass is 777 g/mol. The normalized spacial score (nSPS) is 17.7. The Kier molecular flexibility index (Phi) is 8.75. The molecule has 56 heavy (non-hydrogen) atoms. The number of amides is 1. The van der Waals surface area contributed by atoms with Crippen molar-refractivity contribution in [2.45, 2.75) is 44.2 Å². The summed E-state index contributed by atoms with van der Waals surface area (Å²) < 4.78 is 36.0. The van der Waals surface area contributed by atoms with E-state index in [0.29, 0.717) is 76.8 Å². The molecule has 2 saturated heterocycles. The molecule has 9 rings (SSSR count). The summed E-state index contributed by atoms with van der Waals surface area (Å²) in [5.41, 5.74) is 4.68. The van der Waals surface area contributed by atoms with Crippen LogP contribution in [0.5, 0.6) is 5.75 Å². The van der Waals surface area contributed by atoms with Crippen LogP contribution in [0.15, 0.2) is 61.3 Å². The van der Waals surface area contributed by atoms with E-state index in [1.807, 2.05) is 37.6 Å². The van der Waals surface area contributed by atoms with E-state index in [-0.39, 0.29) is 11.3 Å². The number of halogens is 1. The van der Waals surface area contributed by atoms with Gasteiger partial charge in [0.25, 0.3) is 5.91 Å². The summed E-state index contributed by atoms with van der Waals surface area (Å²) in [5.74, 6) is 1.16. The molecule has 0 radical (unpaired) electrons. The van der Waals surface area contributed by atoms with Crippen LogP contribution in [0.3, 0.4) is 0 Å². The number of hydrogen-bond donors (Lipinski definition) is 3. The molecule has 14 nitrogen and oxygen atoms in total. The third-order valence-electron chi connectivity index (χ3n) is 11.7. The fourth-order valence-electron chi connectivity index (χ4n) is 8.41. The Morgan fingerprint density at radius 3 is 2.39 bits per heavy atom. The van der Waals surface area contributed by atoms with E-state index in [0.717, 1.165) is 61.0 Å². The number of aromatic amines is 1. The molecule has 290 valence electrons. The topological polar surface area (TPSA) is 159 Å². The second-order valence-electron chi connectivity index (χ2n) is 15.8. The van der Waals surface area contributed by atoms with E-state index in [4.69, 9.17) is 14.7 Å². The van der Waals surface area contributed by atoms with Gasteiger partial charge in [0.15, 0.2) is 5.67 Å². The molecule has 2 aliphatic heterocycles. The largest absolute Gasteiger partial charge is 0.494 e. The first-order chi connectivity index (χ1) is 26.9. The second kappa shape index (κ2) is 13.6. The quantitative estimate of drug-likeness (QED) is 0.133. The van der Waals surface area contributed by atoms with Crippen molar-refractivity contribution in [1.82, 2.24) is 39.6 Å². The van der Waals surface area contributed by atoms with Crippen LogP contribution in [-0.2, 0) is 16.4 Å². The number of methoxy groups -OCH3 is 1. The smallest absolute Gasteiger partial charge is 0.260 e. The Hall–Kier alpha value is -5.56. The first kappa shape index (κ1) is 36.1. The van der Waals surface area contributed by atoms with Crippen LogP contribution in [0, 0.1) is 5.41 Å². The highest BCUT2D eigenvalue weighted by Gasteiger charge is 2.53. The number of benzene rings is 2. The van der Waals surface area contributed by atoms with Crippen LogP contribution >= 0.6 is 7.14 Å². The maximum atomic E-state index is 14.5. The Balaban J connectivity index is 1.02. The number of H-pyrrole nitrogens is 1. The highest BCUT2D eigenvalue weighted by atomic mass is 31.2. The minimum absolute atomic E-state index is 0.145. The van der Waals surface area contributed by atoms with Crippen LogP contribution in [0.4, 0.5) is 33.2 Å². The number of ether oxygens (including phenoxy) is 1. The summed E-state index contributed by atoms with van der Waals surface area (Å²) in [6, 6.07) is 9.74. The molecule has 1 amide bonds. The van der Waals surface area contributed by atoms with Crippen molar-refractivity contribution in [2.75, 3.05) is 62.2 Å². The lowest BCUT2D eigenvalue weighted by atomic mass is 9.71. The molecule has 4 aromatic heterocycles. The molecule has 1 spiro atoms. The molecule has 0 bridgehead atoms. The van der Waals surface area contributed by atoms with Gasteiger partial charge in [-0.25, -0.2) is 4.39 Å². The Morgan fingerprint density at radius 1 is 0.946 bits per heavy atom. The van der Waals surface area contributed by atoms with Crippen LogP contribution in [0.1, 0.15) is 38.5 Å². The van der Waals surface area contributed by atoms with Gasteiger partial charge >= 0.3 is 0 Å². The van der Waals surface area contributed by atoms with Gasteiger partial charge in [0.1, 0.15) is 29.9 Å². The lowest BCUT2D eigenvalue weighted by Gasteiger charge is -2.48. The minimum atomic E-state index is -2.82. The highest BCUT2D eigenvalue weighted by Crippen LogP contribution is 2.48. The van der Waals surface area contributed by atoms with Gasteiger partial charge in [0.05, 0.1) is 40.9 Å². The zero-order valence-corrected chi connectivity index (χ0v) is 32.9. The van der Waals surface area contributed by atoms with Crippen molar-refractivity contribution < 1.29 is 18.5 Å². The number of likely N-dealkylation sites (tertiary alicyclic amines) is 1. The number of nitrogens with zero attached hydrogens (tertiary/aromatic N) is 8. The van der Waals surface area contributed by atoms with Crippen LogP contribution < -0.4 is 25.6 Å². The van der Waals surface area contributed by atoms with Crippen molar-refractivity contribution in [1.29, 1.82) is 0 Å². The molecule has 1 aliphatic carbocycles. The predicted octanol–water partition coefficient (Wildman–Crippen LogP) is 6.76. The van der Waals surface area contributed by atoms with E-state index >= 15 is 0 Å². The van der Waals surface area contributed by atoms with Gasteiger partial charge in [0, 0.05) is 80.9 Å². The predicted molar refractivity (Wildman–Crippen MR) is 217 cm³/mol. The molecular formula is C40H45FN11O3P. The third-order valence-corrected chi connectivity index (χ3v) is 13.3. The van der Waals surface area contributed by atoms with Gasteiger partial charge in [-0.15, -0.1) is 0 Å². The number of nitrogens with one attached hydrogen (secondary N) is 3. The first-order valence-electron chi connectivity index (χ1n) is 19.0. The second-order valence-corrected chi connectivity index (χ2v) is 19.0. The molecule has 3 fully saturated rings. The lowest BCUT2D eigenvalue weighted by Crippen LogP contribution is -2.50. The van der Waals surface area contributed by atoms with Crippen LogP contribution in [0.25, 0.3) is 33.2 Å². The standard InChI is InChI=1S/C40H45FN11O3P/c1-50-24-25(23-45-50)27-21-30(32(55-2)22-31(27)51-17-10-39(11-18-51)12-19-52(20-13-39)37(53)40(41)8-9-40)47-38-48-35-26(7-14-44-35)36(49-38)46-29-6-5-28-33(43-16-15-42-28)34(29)56(3,4)54/h5-7,14-16,21-24H,8-13,17-20H2,1-4H3,(H3,44,46,47,48,49). The van der Waals surface area contributed by atoms with E-state index in [9.17, 15) is 13.8 Å². The fourth-order valence-corrected chi connectivity index (χ4v) is 9.80. The highest BCUT2D eigenvalue weighted by molar-refractivity contribution is 7.71. The number of carbonyl (C=O) groups excluding carboxylic acids is 1. The number of alkyl halides is 1. The summed E-state index contributed by atoms with van der Waals surface area (Å²) >= 11 is 0. The Bertz CT molecular complexity index is 2530. The number of fused-ring (bicyclic) bond motifs is 2. The van der Waals surface area contributed by atoms with Gasteiger partial charge in [-0.05, 0) is 81.5 Å². The average molecular weight is 778 g/mol. The number of aryl methyl sites for hydroxylation is 1. The molecule has 2 aromatic carbocycles. The van der Waals surface area contributed by atoms with Gasteiger partial charge < -0.3 is 34.7 Å². The van der Waals surface area contributed by atoms with Crippen molar-refractivity contribution in [2.24, 2.45) is 12.5 Å². The van der Waals surface area contributed by atoms with Gasteiger partial charge in [0.2, 0.25) is 5.95 Å². The van der Waals surface area contributed by atoms with Crippen molar-refractivity contribution in [3.8, 4) is 16.9 Å². The lowest BCUT2D eigenvalue weighted by molar-refractivity contribution is -0.140. The van der Waals surface area contributed by atoms with E-state index in [1.165, 1.54) is 0 Å². The number of carbonyl (C=O) groups is 1. The van der Waals surface area contributed by atoms with E-state index in [2.05, 4.69) is 47.7 Å². The van der Waals surface area contributed by atoms with Crippen molar-refractivity contribution in [3.63, 3.8) is 0 Å². The molecule has 6 heterocycles. The fraction of sp³-hybridized carbons (Fsp3) is 0.400. The summed E-state index contributed by atoms with van der Waals surface area (Å²) in [6.07, 6.45) is 13.4. The number of anilines is 5. The zero-order valence-electron chi connectivity index (χ0n) is 32.0. The molecule has 3 aliphatic rings. The molecule has 3 N–H and O–H groups in total. The van der Waals surface area contributed by atoms with Gasteiger partial charge in [-0.3, -0.25) is 19.4 Å². The third kappa shape index (κ3) is 6.61. The summed E-state index contributed by atoms with van der Waals surface area (Å²) in [7, 11) is 0.736. The van der Waals surface area contributed by atoms with Crippen LogP contribution in [0.2, 0.25) is 0 Å². The maximum Gasteiger partial charge on any atom is 0.260 e. The number of rotatable bonds is 9. The van der Waals surface area contributed by atoms with Crippen LogP contribution in [-0.4, -0.2) is 97.8 Å². The summed E-state index contributed by atoms with van der Waals surface area (Å²) in [5, 5.41) is 12.7. The van der Waals surface area contributed by atoms with Crippen molar-refractivity contribution >= 4 is 69.2 Å². The SMILES string of the molecule is COc1cc(N2CCC3(CCN(C(=O)C4(F)CC4)CC3)CC2)c(-c2cnn(C)c2)cc1Nc1nc(Nc2ccc3nccnc3c2P(C)(C)=O)c2cc[nH]c2n1. The molecule has 0 unspecified atom stereocenters. The molecule has 0 atom stereocenters. The summed E-state index contributed by atoms with van der Waals surface area (Å²) in [4.78, 5) is 38.8. The van der Waals surface area contributed by atoms with E-state index in [1.54, 1.807) is 48.6 Å². The minimum Gasteiger partial charge on any atom is -0.494 e. The first-order valence-corrected chi connectivity index (χ1v) is 21.6. The Labute approximate surface area is 323 Å². The van der Waals surface area contributed by atoms with Crippen molar-refractivity contribution in [3.05, 3.63) is 61.3 Å². The number of piperidine rings is 2. The van der Waals surface area contributed by atoms with Gasteiger partial charge in [-0.2, -0.15) is 15.1 Å². The average Bonchev–Trinajstić information content (AvgIpc) is 3.52. The number of aromatic nitrogens is 7. The molecule has 16 heteroatoms. The van der Waals surface area contributed by atoms with Gasteiger partial charge in [-0.1, -0.05) is 0 Å². The number of hydrogen-bond acceptors (Lipinski definition) is 11. The maximum absolute atomic E-state index is 14.5.